The molecule has 0 aliphatic carbocycles. The van der Waals surface area contributed by atoms with E-state index >= 15 is 0 Å². The SMILES string of the molecule is COC(=O)c1ccc(COC(=O)C[C@@H](NC(=O)c2ccccc2)c2ccccc2)cc1. The van der Waals surface area contributed by atoms with Crippen LogP contribution in [-0.4, -0.2) is 25.0 Å². The number of carbonyl (C=O) groups excluding carboxylic acids is 3. The highest BCUT2D eigenvalue weighted by Crippen LogP contribution is 2.19. The van der Waals surface area contributed by atoms with Crippen LogP contribution < -0.4 is 5.32 Å². The molecule has 0 aliphatic heterocycles. The number of amides is 1. The van der Waals surface area contributed by atoms with Crippen molar-refractivity contribution in [2.45, 2.75) is 19.1 Å². The Hall–Kier alpha value is -3.93. The lowest BCUT2D eigenvalue weighted by Gasteiger charge is -2.19. The van der Waals surface area contributed by atoms with Gasteiger partial charge in [0.2, 0.25) is 0 Å². The minimum atomic E-state index is -0.525. The third-order valence-electron chi connectivity index (χ3n) is 4.69. The van der Waals surface area contributed by atoms with E-state index in [0.717, 1.165) is 11.1 Å². The molecule has 0 saturated carbocycles. The van der Waals surface area contributed by atoms with Crippen LogP contribution in [0.3, 0.4) is 0 Å². The van der Waals surface area contributed by atoms with E-state index < -0.39 is 18.0 Å². The maximum absolute atomic E-state index is 12.6. The number of ether oxygens (including phenoxy) is 2. The molecule has 0 spiro atoms. The normalized spacial score (nSPS) is 11.3. The lowest BCUT2D eigenvalue weighted by atomic mass is 10.0. The average molecular weight is 417 g/mol. The quantitative estimate of drug-likeness (QED) is 0.559. The summed E-state index contributed by atoms with van der Waals surface area (Å²) in [6.07, 6.45) is -0.0111. The molecule has 0 bridgehead atoms. The van der Waals surface area contributed by atoms with E-state index in [1.54, 1.807) is 48.5 Å². The topological polar surface area (TPSA) is 81.7 Å². The second-order valence-corrected chi connectivity index (χ2v) is 6.86. The van der Waals surface area contributed by atoms with Gasteiger partial charge in [0.05, 0.1) is 25.1 Å². The third-order valence-corrected chi connectivity index (χ3v) is 4.69. The maximum Gasteiger partial charge on any atom is 0.337 e. The van der Waals surface area contributed by atoms with Crippen molar-refractivity contribution in [3.63, 3.8) is 0 Å². The summed E-state index contributed by atoms with van der Waals surface area (Å²) in [4.78, 5) is 36.6. The van der Waals surface area contributed by atoms with Gasteiger partial charge in [-0.05, 0) is 35.4 Å². The summed E-state index contributed by atoms with van der Waals surface area (Å²) in [6, 6.07) is 24.2. The van der Waals surface area contributed by atoms with Crippen LogP contribution in [0.1, 0.15) is 44.3 Å². The predicted octanol–water partition coefficient (Wildman–Crippen LogP) is 4.08. The zero-order valence-corrected chi connectivity index (χ0v) is 17.1. The van der Waals surface area contributed by atoms with Crippen molar-refractivity contribution >= 4 is 17.8 Å². The Morgan fingerprint density at radius 2 is 1.42 bits per heavy atom. The van der Waals surface area contributed by atoms with E-state index in [9.17, 15) is 14.4 Å². The smallest absolute Gasteiger partial charge is 0.337 e. The molecule has 1 amide bonds. The summed E-state index contributed by atoms with van der Waals surface area (Å²) in [6.45, 7) is 0.0639. The molecule has 0 aliphatic rings. The molecule has 6 nitrogen and oxygen atoms in total. The summed E-state index contributed by atoms with van der Waals surface area (Å²) >= 11 is 0. The van der Waals surface area contributed by atoms with Gasteiger partial charge < -0.3 is 14.8 Å². The van der Waals surface area contributed by atoms with Gasteiger partial charge in [-0.25, -0.2) is 4.79 Å². The molecule has 1 N–H and O–H groups in total. The van der Waals surface area contributed by atoms with E-state index in [-0.39, 0.29) is 18.9 Å². The standard InChI is InChI=1S/C25H23NO5/c1-30-25(29)21-14-12-18(13-15-21)17-31-23(27)16-22(19-8-4-2-5-9-19)26-24(28)20-10-6-3-7-11-20/h2-15,22H,16-17H2,1H3,(H,26,28)/t22-/m1/s1. The molecular weight excluding hydrogens is 394 g/mol. The van der Waals surface area contributed by atoms with Gasteiger partial charge in [-0.2, -0.15) is 0 Å². The summed E-state index contributed by atoms with van der Waals surface area (Å²) in [7, 11) is 1.32. The minimum absolute atomic E-state index is 0.0111. The lowest BCUT2D eigenvalue weighted by molar-refractivity contribution is -0.145. The molecule has 6 heteroatoms. The van der Waals surface area contributed by atoms with Crippen LogP contribution in [0.15, 0.2) is 84.9 Å². The van der Waals surface area contributed by atoms with E-state index in [2.05, 4.69) is 10.1 Å². The number of carbonyl (C=O) groups is 3. The molecule has 31 heavy (non-hydrogen) atoms. The molecule has 3 aromatic carbocycles. The first kappa shape index (κ1) is 21.8. The van der Waals surface area contributed by atoms with Gasteiger partial charge in [-0.1, -0.05) is 60.7 Å². The van der Waals surface area contributed by atoms with Crippen LogP contribution in [0.25, 0.3) is 0 Å². The van der Waals surface area contributed by atoms with E-state index in [4.69, 9.17) is 4.74 Å². The van der Waals surface area contributed by atoms with Crippen molar-refractivity contribution in [2.75, 3.05) is 7.11 Å². The Morgan fingerprint density at radius 1 is 0.806 bits per heavy atom. The van der Waals surface area contributed by atoms with Crippen LogP contribution in [-0.2, 0) is 20.9 Å². The van der Waals surface area contributed by atoms with Crippen LogP contribution in [0, 0.1) is 0 Å². The number of nitrogens with one attached hydrogen (secondary N) is 1. The molecule has 0 aromatic heterocycles. The first-order valence-corrected chi connectivity index (χ1v) is 9.80. The number of hydrogen-bond donors (Lipinski definition) is 1. The molecular formula is C25H23NO5. The number of esters is 2. The summed E-state index contributed by atoms with van der Waals surface area (Å²) < 4.78 is 10.1. The van der Waals surface area contributed by atoms with Gasteiger partial charge in [-0.15, -0.1) is 0 Å². The van der Waals surface area contributed by atoms with Gasteiger partial charge in [0, 0.05) is 5.56 Å². The van der Waals surface area contributed by atoms with Gasteiger partial charge in [0.15, 0.2) is 0 Å². The Kier molecular flexibility index (Phi) is 7.54. The van der Waals surface area contributed by atoms with Crippen molar-refractivity contribution in [2.24, 2.45) is 0 Å². The largest absolute Gasteiger partial charge is 0.465 e. The van der Waals surface area contributed by atoms with E-state index in [1.807, 2.05) is 36.4 Å². The second-order valence-electron chi connectivity index (χ2n) is 6.86. The van der Waals surface area contributed by atoms with Crippen LogP contribution in [0.4, 0.5) is 0 Å². The molecule has 0 saturated heterocycles. The van der Waals surface area contributed by atoms with Crippen molar-refractivity contribution in [3.8, 4) is 0 Å². The maximum atomic E-state index is 12.6. The molecule has 1 atom stereocenters. The van der Waals surface area contributed by atoms with E-state index in [1.165, 1.54) is 7.11 Å². The molecule has 158 valence electrons. The predicted molar refractivity (Wildman–Crippen MR) is 115 cm³/mol. The third kappa shape index (κ3) is 6.27. The molecule has 0 unspecified atom stereocenters. The van der Waals surface area contributed by atoms with Gasteiger partial charge in [0.1, 0.15) is 6.61 Å². The Bertz CT molecular complexity index is 1020. The first-order valence-electron chi connectivity index (χ1n) is 9.80. The van der Waals surface area contributed by atoms with Crippen LogP contribution >= 0.6 is 0 Å². The summed E-state index contributed by atoms with van der Waals surface area (Å²) in [5.41, 5.74) is 2.49. The number of hydrogen-bond acceptors (Lipinski definition) is 5. The molecule has 3 rings (SSSR count). The zero-order valence-electron chi connectivity index (χ0n) is 17.1. The molecule has 3 aromatic rings. The lowest BCUT2D eigenvalue weighted by Crippen LogP contribution is -2.30. The van der Waals surface area contributed by atoms with Gasteiger partial charge >= 0.3 is 11.9 Å². The highest BCUT2D eigenvalue weighted by atomic mass is 16.5. The fraction of sp³-hybridized carbons (Fsp3) is 0.160. The van der Waals surface area contributed by atoms with Crippen molar-refractivity contribution in [1.82, 2.24) is 5.32 Å². The van der Waals surface area contributed by atoms with Crippen molar-refractivity contribution < 1.29 is 23.9 Å². The summed E-state index contributed by atoms with van der Waals surface area (Å²) in [5.74, 6) is -1.14. The number of rotatable bonds is 8. The Labute approximate surface area is 180 Å². The molecule has 0 fully saturated rings. The van der Waals surface area contributed by atoms with Crippen LogP contribution in [0.2, 0.25) is 0 Å². The minimum Gasteiger partial charge on any atom is -0.465 e. The fourth-order valence-corrected chi connectivity index (χ4v) is 3.01. The Balaban J connectivity index is 1.63. The summed E-state index contributed by atoms with van der Waals surface area (Å²) in [5, 5.41) is 2.91. The number of benzene rings is 3. The van der Waals surface area contributed by atoms with Crippen LogP contribution in [0.5, 0.6) is 0 Å². The van der Waals surface area contributed by atoms with Crippen molar-refractivity contribution in [1.29, 1.82) is 0 Å². The molecule has 0 radical (unpaired) electrons. The van der Waals surface area contributed by atoms with E-state index in [0.29, 0.717) is 11.1 Å². The monoisotopic (exact) mass is 417 g/mol. The molecule has 0 heterocycles. The Morgan fingerprint density at radius 3 is 2.03 bits per heavy atom. The zero-order chi connectivity index (χ0) is 22.1. The van der Waals surface area contributed by atoms with Gasteiger partial charge in [0.25, 0.3) is 5.91 Å². The first-order chi connectivity index (χ1) is 15.1. The van der Waals surface area contributed by atoms with Crippen molar-refractivity contribution in [3.05, 3.63) is 107 Å². The van der Waals surface area contributed by atoms with Gasteiger partial charge in [-0.3, -0.25) is 9.59 Å². The number of methoxy groups -OCH3 is 1. The second kappa shape index (κ2) is 10.7. The average Bonchev–Trinajstić information content (AvgIpc) is 2.83. The highest BCUT2D eigenvalue weighted by Gasteiger charge is 2.20. The fourth-order valence-electron chi connectivity index (χ4n) is 3.01. The highest BCUT2D eigenvalue weighted by molar-refractivity contribution is 5.94.